The van der Waals surface area contributed by atoms with Gasteiger partial charge in [-0.1, -0.05) is 6.92 Å². The summed E-state index contributed by atoms with van der Waals surface area (Å²) < 4.78 is 0. The molecule has 0 heterocycles. The van der Waals surface area contributed by atoms with Gasteiger partial charge in [0.2, 0.25) is 5.91 Å². The second-order valence-corrected chi connectivity index (χ2v) is 3.86. The second kappa shape index (κ2) is 5.82. The summed E-state index contributed by atoms with van der Waals surface area (Å²) in [7, 11) is 0. The maximum absolute atomic E-state index is 10.6. The Hall–Kier alpha value is -0.750. The highest BCUT2D eigenvalue weighted by Gasteiger charge is 2.13. The van der Waals surface area contributed by atoms with Crippen molar-refractivity contribution in [1.29, 1.82) is 0 Å². The third kappa shape index (κ3) is 5.48. The fraction of sp³-hybridized carbons (Fsp3) is 0.714. The number of carbonyl (C=O) groups is 2. The molecule has 6 heteroatoms. The van der Waals surface area contributed by atoms with Crippen LogP contribution in [0.4, 0.5) is 0 Å². The fourth-order valence-electron chi connectivity index (χ4n) is 0.525. The molecule has 0 aromatic rings. The summed E-state index contributed by atoms with van der Waals surface area (Å²) >= 11 is 1.32. The predicted molar refractivity (Wildman–Crippen MR) is 51.3 cm³/mol. The zero-order valence-corrected chi connectivity index (χ0v) is 8.21. The molecule has 76 valence electrons. The quantitative estimate of drug-likeness (QED) is 0.530. The number of hydrogen-bond donors (Lipinski definition) is 3. The Balaban J connectivity index is 3.56. The molecule has 5 nitrogen and oxygen atoms in total. The number of hydrogen-bond acceptors (Lipinski definition) is 4. The topological polar surface area (TPSA) is 106 Å². The maximum Gasteiger partial charge on any atom is 0.321 e. The Morgan fingerprint density at radius 3 is 2.38 bits per heavy atom. The van der Waals surface area contributed by atoms with Gasteiger partial charge in [0.1, 0.15) is 6.04 Å². The van der Waals surface area contributed by atoms with Crippen LogP contribution in [0.5, 0.6) is 0 Å². The van der Waals surface area contributed by atoms with Crippen molar-refractivity contribution in [3.8, 4) is 0 Å². The van der Waals surface area contributed by atoms with E-state index in [2.05, 4.69) is 0 Å². The monoisotopic (exact) mass is 206 g/mol. The molecule has 5 N–H and O–H groups in total. The highest BCUT2D eigenvalue weighted by Crippen LogP contribution is 2.08. The minimum Gasteiger partial charge on any atom is -0.480 e. The number of carbonyl (C=O) groups excluding carboxylic acids is 1. The molecule has 0 spiro atoms. The molecule has 0 fully saturated rings. The van der Waals surface area contributed by atoms with Gasteiger partial charge in [-0.2, -0.15) is 11.8 Å². The number of carboxylic acids is 1. The van der Waals surface area contributed by atoms with Crippen LogP contribution in [0.15, 0.2) is 0 Å². The molecule has 0 bridgehead atoms. The molecule has 2 atom stereocenters. The van der Waals surface area contributed by atoms with Gasteiger partial charge in [0.15, 0.2) is 0 Å². The smallest absolute Gasteiger partial charge is 0.321 e. The first-order valence-electron chi connectivity index (χ1n) is 3.80. The summed E-state index contributed by atoms with van der Waals surface area (Å²) in [6, 6.07) is -0.870. The first-order valence-corrected chi connectivity index (χ1v) is 4.96. The highest BCUT2D eigenvalue weighted by molar-refractivity contribution is 7.99. The van der Waals surface area contributed by atoms with Crippen molar-refractivity contribution in [1.82, 2.24) is 0 Å². The first kappa shape index (κ1) is 12.2. The molecule has 0 aliphatic rings. The van der Waals surface area contributed by atoms with Gasteiger partial charge < -0.3 is 16.6 Å². The lowest BCUT2D eigenvalue weighted by Crippen LogP contribution is -2.33. The zero-order valence-electron chi connectivity index (χ0n) is 7.40. The Labute approximate surface area is 80.8 Å². The number of nitrogens with two attached hydrogens (primary N) is 2. The first-order chi connectivity index (χ1) is 5.95. The van der Waals surface area contributed by atoms with Gasteiger partial charge in [-0.15, -0.1) is 0 Å². The SMILES string of the molecule is CC(CSC[C@H](N)C(=O)O)C(N)=O. The van der Waals surface area contributed by atoms with Crippen LogP contribution in [0.1, 0.15) is 6.92 Å². The molecule has 13 heavy (non-hydrogen) atoms. The van der Waals surface area contributed by atoms with Crippen LogP contribution >= 0.6 is 11.8 Å². The molecular weight excluding hydrogens is 192 g/mol. The van der Waals surface area contributed by atoms with Gasteiger partial charge in [-0.25, -0.2) is 0 Å². The van der Waals surface area contributed by atoms with Crippen LogP contribution in [0.2, 0.25) is 0 Å². The van der Waals surface area contributed by atoms with Gasteiger partial charge in [0, 0.05) is 17.4 Å². The summed E-state index contributed by atoms with van der Waals surface area (Å²) in [5, 5.41) is 8.43. The van der Waals surface area contributed by atoms with Crippen molar-refractivity contribution in [2.45, 2.75) is 13.0 Å². The molecule has 0 radical (unpaired) electrons. The van der Waals surface area contributed by atoms with Crippen LogP contribution in [-0.4, -0.2) is 34.5 Å². The average molecular weight is 206 g/mol. The van der Waals surface area contributed by atoms with Crippen LogP contribution in [0.25, 0.3) is 0 Å². The molecule has 0 saturated heterocycles. The summed E-state index contributed by atoms with van der Waals surface area (Å²) in [6.45, 7) is 1.70. The van der Waals surface area contributed by atoms with E-state index in [0.717, 1.165) is 0 Å². The van der Waals surface area contributed by atoms with Crippen molar-refractivity contribution in [3.05, 3.63) is 0 Å². The van der Waals surface area contributed by atoms with Crippen LogP contribution < -0.4 is 11.5 Å². The number of rotatable bonds is 6. The van der Waals surface area contributed by atoms with E-state index in [1.165, 1.54) is 11.8 Å². The van der Waals surface area contributed by atoms with Gasteiger partial charge >= 0.3 is 5.97 Å². The second-order valence-electron chi connectivity index (χ2n) is 2.79. The van der Waals surface area contributed by atoms with Gasteiger partial charge in [0.25, 0.3) is 0 Å². The van der Waals surface area contributed by atoms with E-state index in [9.17, 15) is 9.59 Å². The number of primary amides is 1. The van der Waals surface area contributed by atoms with E-state index < -0.39 is 12.0 Å². The summed E-state index contributed by atoms with van der Waals surface area (Å²) in [5.74, 6) is -0.842. The molecule has 0 rings (SSSR count). The van der Waals surface area contributed by atoms with E-state index in [1.54, 1.807) is 6.92 Å². The molecule has 0 aromatic carbocycles. The van der Waals surface area contributed by atoms with Crippen LogP contribution in [0.3, 0.4) is 0 Å². The Morgan fingerprint density at radius 2 is 2.00 bits per heavy atom. The standard InChI is InChI=1S/C7H14N2O3S/c1-4(6(9)10)2-13-3-5(8)7(11)12/h4-5H,2-3,8H2,1H3,(H2,9,10)(H,11,12)/t4?,5-/m0/s1. The van der Waals surface area contributed by atoms with Crippen LogP contribution in [-0.2, 0) is 9.59 Å². The van der Waals surface area contributed by atoms with E-state index in [-0.39, 0.29) is 11.8 Å². The Kier molecular flexibility index (Phi) is 5.48. The van der Waals surface area contributed by atoms with Crippen LogP contribution in [0, 0.1) is 5.92 Å². The van der Waals surface area contributed by atoms with Crippen molar-refractivity contribution in [2.75, 3.05) is 11.5 Å². The van der Waals surface area contributed by atoms with Gasteiger partial charge in [-0.05, 0) is 0 Å². The Bertz CT molecular complexity index is 178. The number of aliphatic carboxylic acids is 1. The lowest BCUT2D eigenvalue weighted by molar-refractivity contribution is -0.137. The third-order valence-corrected chi connectivity index (χ3v) is 2.80. The lowest BCUT2D eigenvalue weighted by atomic mass is 10.2. The molecule has 0 saturated carbocycles. The minimum atomic E-state index is -1.03. The predicted octanol–water partition coefficient (Wildman–Crippen LogP) is -0.747. The minimum absolute atomic E-state index is 0.244. The maximum atomic E-state index is 10.6. The van der Waals surface area contributed by atoms with E-state index >= 15 is 0 Å². The van der Waals surface area contributed by atoms with E-state index in [0.29, 0.717) is 11.5 Å². The normalized spacial score (nSPS) is 14.9. The third-order valence-electron chi connectivity index (χ3n) is 1.47. The molecule has 0 aromatic heterocycles. The highest BCUT2D eigenvalue weighted by atomic mass is 32.2. The summed E-state index contributed by atoms with van der Waals surface area (Å²) in [5.41, 5.74) is 10.3. The molecular formula is C7H14N2O3S. The van der Waals surface area contributed by atoms with E-state index in [1.807, 2.05) is 0 Å². The number of carboxylic acid groups (broad SMARTS) is 1. The molecule has 1 amide bonds. The number of thioether (sulfide) groups is 1. The van der Waals surface area contributed by atoms with Crippen molar-refractivity contribution >= 4 is 23.6 Å². The van der Waals surface area contributed by atoms with E-state index in [4.69, 9.17) is 16.6 Å². The fourth-order valence-corrected chi connectivity index (χ4v) is 1.58. The van der Waals surface area contributed by atoms with Gasteiger partial charge in [0.05, 0.1) is 0 Å². The van der Waals surface area contributed by atoms with Crippen molar-refractivity contribution in [2.24, 2.45) is 17.4 Å². The zero-order chi connectivity index (χ0) is 10.4. The number of amides is 1. The average Bonchev–Trinajstić information content (AvgIpc) is 2.03. The molecule has 0 aliphatic carbocycles. The van der Waals surface area contributed by atoms with Crippen molar-refractivity contribution in [3.63, 3.8) is 0 Å². The lowest BCUT2D eigenvalue weighted by Gasteiger charge is -2.08. The van der Waals surface area contributed by atoms with Gasteiger partial charge in [-0.3, -0.25) is 9.59 Å². The Morgan fingerprint density at radius 1 is 1.46 bits per heavy atom. The van der Waals surface area contributed by atoms with Crippen molar-refractivity contribution < 1.29 is 14.7 Å². The molecule has 0 aliphatic heterocycles. The largest absolute Gasteiger partial charge is 0.480 e. The summed E-state index contributed by atoms with van der Waals surface area (Å²) in [6.07, 6.45) is 0. The molecule has 1 unspecified atom stereocenters. The summed E-state index contributed by atoms with van der Waals surface area (Å²) in [4.78, 5) is 20.8.